The molecule has 0 aromatic heterocycles. The largest absolute Gasteiger partial charge is 0.490 e. The lowest BCUT2D eigenvalue weighted by atomic mass is 10.1. The number of aryl methyl sites for hydroxylation is 1. The van der Waals surface area contributed by atoms with Crippen LogP contribution in [0.15, 0.2) is 48.5 Å². The second-order valence-electron chi connectivity index (χ2n) is 7.99. The van der Waals surface area contributed by atoms with E-state index in [9.17, 15) is 4.79 Å². The van der Waals surface area contributed by atoms with Gasteiger partial charge in [0.25, 0.3) is 0 Å². The molecule has 0 N–H and O–H groups in total. The van der Waals surface area contributed by atoms with Gasteiger partial charge >= 0.3 is 0 Å². The molecule has 154 valence electrons. The zero-order valence-electron chi connectivity index (χ0n) is 17.2. The molecule has 0 spiro atoms. The van der Waals surface area contributed by atoms with Gasteiger partial charge in [-0.05, 0) is 36.6 Å². The first kappa shape index (κ1) is 19.8. The van der Waals surface area contributed by atoms with Crippen molar-refractivity contribution < 1.29 is 14.3 Å². The van der Waals surface area contributed by atoms with Crippen molar-refractivity contribution in [3.8, 4) is 11.5 Å². The molecular formula is C24H30N2O3. The lowest BCUT2D eigenvalue weighted by molar-refractivity contribution is -0.135. The van der Waals surface area contributed by atoms with Crippen LogP contribution in [0.3, 0.4) is 0 Å². The number of amides is 1. The Hall–Kier alpha value is -2.53. The van der Waals surface area contributed by atoms with E-state index in [0.717, 1.165) is 56.1 Å². The Balaban J connectivity index is 1.28. The zero-order valence-corrected chi connectivity index (χ0v) is 17.2. The average Bonchev–Trinajstić information content (AvgIpc) is 2.98. The minimum Gasteiger partial charge on any atom is -0.490 e. The summed E-state index contributed by atoms with van der Waals surface area (Å²) in [6.45, 7) is 7.12. The molecule has 2 aromatic carbocycles. The number of hydrogen-bond acceptors (Lipinski definition) is 4. The maximum atomic E-state index is 12.8. The van der Waals surface area contributed by atoms with Gasteiger partial charge in [0.15, 0.2) is 11.5 Å². The van der Waals surface area contributed by atoms with Crippen molar-refractivity contribution in [1.29, 1.82) is 0 Å². The number of hydrogen-bond donors (Lipinski definition) is 0. The van der Waals surface area contributed by atoms with Crippen LogP contribution in [-0.2, 0) is 17.8 Å². The summed E-state index contributed by atoms with van der Waals surface area (Å²) in [4.78, 5) is 17.3. The predicted molar refractivity (Wildman–Crippen MR) is 113 cm³/mol. The molecule has 2 aromatic rings. The predicted octanol–water partition coefficient (Wildman–Crippen LogP) is 3.51. The van der Waals surface area contributed by atoms with Gasteiger partial charge in [-0.2, -0.15) is 0 Å². The lowest BCUT2D eigenvalue weighted by Crippen LogP contribution is -2.53. The summed E-state index contributed by atoms with van der Waals surface area (Å²) in [7, 11) is 0. The van der Waals surface area contributed by atoms with Crippen molar-refractivity contribution >= 4 is 5.91 Å². The first-order valence-electron chi connectivity index (χ1n) is 10.6. The number of rotatable bonds is 5. The molecule has 0 bridgehead atoms. The van der Waals surface area contributed by atoms with E-state index >= 15 is 0 Å². The molecule has 0 aliphatic carbocycles. The summed E-state index contributed by atoms with van der Waals surface area (Å²) in [5.74, 6) is 1.85. The quantitative estimate of drug-likeness (QED) is 0.778. The minimum atomic E-state index is 0.240. The van der Waals surface area contributed by atoms with Gasteiger partial charge in [0.05, 0.1) is 13.2 Å². The molecule has 5 nitrogen and oxygen atoms in total. The Morgan fingerprint density at radius 1 is 1.00 bits per heavy atom. The number of benzene rings is 2. The molecule has 2 aliphatic rings. The molecule has 0 radical (unpaired) electrons. The van der Waals surface area contributed by atoms with E-state index in [-0.39, 0.29) is 11.9 Å². The molecule has 1 amide bonds. The first-order chi connectivity index (χ1) is 14.2. The molecule has 29 heavy (non-hydrogen) atoms. The molecule has 1 fully saturated rings. The molecule has 5 heteroatoms. The second kappa shape index (κ2) is 9.31. The Bertz CT molecular complexity index is 824. The van der Waals surface area contributed by atoms with Crippen LogP contribution in [0.25, 0.3) is 0 Å². The van der Waals surface area contributed by atoms with Crippen molar-refractivity contribution in [1.82, 2.24) is 9.80 Å². The van der Waals surface area contributed by atoms with E-state index in [0.29, 0.717) is 19.6 Å². The first-order valence-corrected chi connectivity index (χ1v) is 10.6. The summed E-state index contributed by atoms with van der Waals surface area (Å²) in [5, 5.41) is 0. The van der Waals surface area contributed by atoms with Gasteiger partial charge in [0, 0.05) is 45.1 Å². The fourth-order valence-corrected chi connectivity index (χ4v) is 4.15. The highest BCUT2D eigenvalue weighted by molar-refractivity contribution is 5.77. The third-order valence-corrected chi connectivity index (χ3v) is 5.72. The summed E-state index contributed by atoms with van der Waals surface area (Å²) in [6.07, 6.45) is 2.16. The third-order valence-electron chi connectivity index (χ3n) is 5.72. The second-order valence-corrected chi connectivity index (χ2v) is 7.99. The number of ether oxygens (including phenoxy) is 2. The summed E-state index contributed by atoms with van der Waals surface area (Å²) >= 11 is 0. The highest BCUT2D eigenvalue weighted by Crippen LogP contribution is 2.30. The molecule has 2 heterocycles. The van der Waals surface area contributed by atoms with Crippen LogP contribution in [0, 0.1) is 0 Å². The SMILES string of the molecule is C[C@@H]1CN(Cc2ccccc2)CCN1C(=O)CCc1ccc2c(c1)OCCCO2. The zero-order chi connectivity index (χ0) is 20.1. The van der Waals surface area contributed by atoms with E-state index in [1.807, 2.05) is 29.2 Å². The Kier molecular flexibility index (Phi) is 6.35. The summed E-state index contributed by atoms with van der Waals surface area (Å²) in [6, 6.07) is 16.8. The Morgan fingerprint density at radius 2 is 1.79 bits per heavy atom. The molecule has 2 aliphatic heterocycles. The van der Waals surface area contributed by atoms with Crippen molar-refractivity contribution in [2.45, 2.75) is 38.8 Å². The average molecular weight is 395 g/mol. The number of carbonyl (C=O) groups excluding carboxylic acids is 1. The molecule has 1 atom stereocenters. The van der Waals surface area contributed by atoms with Gasteiger partial charge in [-0.3, -0.25) is 9.69 Å². The van der Waals surface area contributed by atoms with Gasteiger partial charge in [0.1, 0.15) is 0 Å². The fraction of sp³-hybridized carbons (Fsp3) is 0.458. The van der Waals surface area contributed by atoms with Crippen molar-refractivity contribution in [2.75, 3.05) is 32.8 Å². The van der Waals surface area contributed by atoms with E-state index in [1.54, 1.807) is 0 Å². The number of carbonyl (C=O) groups is 1. The van der Waals surface area contributed by atoms with Crippen molar-refractivity contribution in [3.63, 3.8) is 0 Å². The van der Waals surface area contributed by atoms with E-state index in [4.69, 9.17) is 9.47 Å². The lowest BCUT2D eigenvalue weighted by Gasteiger charge is -2.40. The van der Waals surface area contributed by atoms with Crippen LogP contribution in [0.2, 0.25) is 0 Å². The molecule has 0 saturated carbocycles. The topological polar surface area (TPSA) is 42.0 Å². The standard InChI is InChI=1S/C24H30N2O3/c1-19-17-25(18-21-6-3-2-4-7-21)12-13-26(19)24(27)11-9-20-8-10-22-23(16-20)29-15-5-14-28-22/h2-4,6-8,10,16,19H,5,9,11-15,17-18H2,1H3/t19-/m1/s1. The van der Waals surface area contributed by atoms with Crippen LogP contribution in [-0.4, -0.2) is 54.6 Å². The Morgan fingerprint density at radius 3 is 2.59 bits per heavy atom. The molecule has 0 unspecified atom stereocenters. The van der Waals surface area contributed by atoms with E-state index in [2.05, 4.69) is 36.1 Å². The number of fused-ring (bicyclic) bond motifs is 1. The molecule has 4 rings (SSSR count). The van der Waals surface area contributed by atoms with Gasteiger partial charge in [-0.25, -0.2) is 0 Å². The summed E-state index contributed by atoms with van der Waals surface area (Å²) in [5.41, 5.74) is 2.45. The molecule has 1 saturated heterocycles. The highest BCUT2D eigenvalue weighted by atomic mass is 16.5. The normalized spacial score (nSPS) is 19.6. The monoisotopic (exact) mass is 394 g/mol. The van der Waals surface area contributed by atoms with E-state index < -0.39 is 0 Å². The number of nitrogens with zero attached hydrogens (tertiary/aromatic N) is 2. The van der Waals surface area contributed by atoms with Gasteiger partial charge in [-0.1, -0.05) is 36.4 Å². The molecular weight excluding hydrogens is 364 g/mol. The van der Waals surface area contributed by atoms with E-state index in [1.165, 1.54) is 5.56 Å². The highest BCUT2D eigenvalue weighted by Gasteiger charge is 2.27. The van der Waals surface area contributed by atoms with Gasteiger partial charge in [-0.15, -0.1) is 0 Å². The van der Waals surface area contributed by atoms with Crippen molar-refractivity contribution in [3.05, 3.63) is 59.7 Å². The van der Waals surface area contributed by atoms with Crippen LogP contribution < -0.4 is 9.47 Å². The maximum absolute atomic E-state index is 12.8. The van der Waals surface area contributed by atoms with Gasteiger partial charge < -0.3 is 14.4 Å². The van der Waals surface area contributed by atoms with Crippen molar-refractivity contribution in [2.24, 2.45) is 0 Å². The van der Waals surface area contributed by atoms with Crippen LogP contribution in [0.1, 0.15) is 30.9 Å². The Labute approximate surface area is 173 Å². The third kappa shape index (κ3) is 5.10. The minimum absolute atomic E-state index is 0.240. The van der Waals surface area contributed by atoms with Gasteiger partial charge in [0.2, 0.25) is 5.91 Å². The van der Waals surface area contributed by atoms with Crippen LogP contribution >= 0.6 is 0 Å². The van der Waals surface area contributed by atoms with Crippen LogP contribution in [0.5, 0.6) is 11.5 Å². The summed E-state index contributed by atoms with van der Waals surface area (Å²) < 4.78 is 11.5. The maximum Gasteiger partial charge on any atom is 0.223 e. The number of piperazine rings is 1. The smallest absolute Gasteiger partial charge is 0.223 e. The fourth-order valence-electron chi connectivity index (χ4n) is 4.15. The van der Waals surface area contributed by atoms with Crippen LogP contribution in [0.4, 0.5) is 0 Å².